The minimum atomic E-state index is -2.00. The highest BCUT2D eigenvalue weighted by Crippen LogP contribution is 2.29. The Balaban J connectivity index is 0.00000289. The Morgan fingerprint density at radius 1 is 1.61 bits per heavy atom. The number of halogens is 3. The van der Waals surface area contributed by atoms with Crippen molar-refractivity contribution in [2.75, 3.05) is 6.61 Å². The number of phenolic OH excluding ortho intramolecular Hbond substituents is 1. The molecule has 0 saturated carbocycles. The summed E-state index contributed by atoms with van der Waals surface area (Å²) in [6, 6.07) is 3.16. The molecule has 0 aliphatic carbocycles. The standard InChI is InChI=1S/C11H13BrFNO3.ClH/c1-2-17-11(16)9(13)10(14)7-5-6(12)3-4-8(7)15;/h3-5,9-10,15H,2,14H2,1H3;1H/t9?,10-;/m0./s1. The third kappa shape index (κ3) is 4.12. The van der Waals surface area contributed by atoms with E-state index in [0.29, 0.717) is 4.47 Å². The maximum atomic E-state index is 13.6. The van der Waals surface area contributed by atoms with Crippen LogP contribution < -0.4 is 5.73 Å². The molecule has 0 heterocycles. The summed E-state index contributed by atoms with van der Waals surface area (Å²) in [5, 5.41) is 9.55. The minimum Gasteiger partial charge on any atom is -0.508 e. The smallest absolute Gasteiger partial charge is 0.342 e. The molecule has 0 bridgehead atoms. The van der Waals surface area contributed by atoms with E-state index in [4.69, 9.17) is 5.73 Å². The number of esters is 1. The molecule has 1 aromatic rings. The van der Waals surface area contributed by atoms with Gasteiger partial charge < -0.3 is 15.6 Å². The summed E-state index contributed by atoms with van der Waals surface area (Å²) in [5.41, 5.74) is 5.74. The molecule has 0 spiro atoms. The van der Waals surface area contributed by atoms with Gasteiger partial charge in [0.2, 0.25) is 6.17 Å². The first-order valence-corrected chi connectivity index (χ1v) is 5.81. The number of hydrogen-bond donors (Lipinski definition) is 2. The molecule has 2 atom stereocenters. The average molecular weight is 343 g/mol. The number of carbonyl (C=O) groups excluding carboxylic acids is 1. The van der Waals surface area contributed by atoms with Crippen molar-refractivity contribution < 1.29 is 19.0 Å². The summed E-state index contributed by atoms with van der Waals surface area (Å²) in [6.45, 7) is 1.66. The molecule has 0 saturated heterocycles. The molecule has 0 amide bonds. The molecule has 0 fully saturated rings. The Morgan fingerprint density at radius 2 is 2.22 bits per heavy atom. The normalized spacial score (nSPS) is 13.3. The van der Waals surface area contributed by atoms with E-state index < -0.39 is 18.2 Å². The summed E-state index contributed by atoms with van der Waals surface area (Å²) >= 11 is 3.18. The van der Waals surface area contributed by atoms with Crippen LogP contribution >= 0.6 is 28.3 Å². The van der Waals surface area contributed by atoms with Crippen LogP contribution in [0.5, 0.6) is 5.75 Å². The number of hydrogen-bond acceptors (Lipinski definition) is 4. The average Bonchev–Trinajstić information content (AvgIpc) is 2.30. The largest absolute Gasteiger partial charge is 0.508 e. The summed E-state index contributed by atoms with van der Waals surface area (Å²) in [7, 11) is 0. The van der Waals surface area contributed by atoms with Crippen molar-refractivity contribution in [1.29, 1.82) is 0 Å². The third-order valence-electron chi connectivity index (χ3n) is 2.18. The van der Waals surface area contributed by atoms with Gasteiger partial charge in [-0.15, -0.1) is 12.4 Å². The van der Waals surface area contributed by atoms with Gasteiger partial charge >= 0.3 is 5.97 Å². The van der Waals surface area contributed by atoms with Crippen molar-refractivity contribution in [2.24, 2.45) is 5.73 Å². The number of aromatic hydroxyl groups is 1. The highest BCUT2D eigenvalue weighted by molar-refractivity contribution is 9.10. The highest BCUT2D eigenvalue weighted by Gasteiger charge is 2.29. The van der Waals surface area contributed by atoms with Crippen LogP contribution in [-0.4, -0.2) is 23.9 Å². The van der Waals surface area contributed by atoms with E-state index in [2.05, 4.69) is 20.7 Å². The predicted molar refractivity (Wildman–Crippen MR) is 71.5 cm³/mol. The topological polar surface area (TPSA) is 72.5 Å². The van der Waals surface area contributed by atoms with Gasteiger partial charge in [0.1, 0.15) is 5.75 Å². The molecule has 0 aliphatic heterocycles. The second-order valence-electron chi connectivity index (χ2n) is 3.38. The number of benzene rings is 1. The number of alkyl halides is 1. The van der Waals surface area contributed by atoms with Gasteiger partial charge in [0.25, 0.3) is 0 Å². The molecule has 1 unspecified atom stereocenters. The Bertz CT molecular complexity index is 419. The fourth-order valence-electron chi connectivity index (χ4n) is 1.32. The number of phenols is 1. The molecule has 0 aromatic heterocycles. The van der Waals surface area contributed by atoms with Crippen LogP contribution in [0.25, 0.3) is 0 Å². The van der Waals surface area contributed by atoms with E-state index in [9.17, 15) is 14.3 Å². The molecule has 0 radical (unpaired) electrons. The number of rotatable bonds is 4. The Hall–Kier alpha value is -0.850. The zero-order valence-electron chi connectivity index (χ0n) is 9.60. The molecule has 1 aromatic carbocycles. The van der Waals surface area contributed by atoms with Crippen LogP contribution in [0.3, 0.4) is 0 Å². The molecular formula is C11H14BrClFNO3. The van der Waals surface area contributed by atoms with Gasteiger partial charge in [-0.1, -0.05) is 15.9 Å². The van der Waals surface area contributed by atoms with E-state index in [1.807, 2.05) is 0 Å². The van der Waals surface area contributed by atoms with Crippen LogP contribution in [0.2, 0.25) is 0 Å². The molecule has 1 rings (SSSR count). The fraction of sp³-hybridized carbons (Fsp3) is 0.364. The lowest BCUT2D eigenvalue weighted by molar-refractivity contribution is -0.149. The van der Waals surface area contributed by atoms with E-state index in [1.54, 1.807) is 13.0 Å². The van der Waals surface area contributed by atoms with Crippen LogP contribution in [0.1, 0.15) is 18.5 Å². The van der Waals surface area contributed by atoms with Gasteiger partial charge in [0.05, 0.1) is 12.6 Å². The molecule has 3 N–H and O–H groups in total. The second-order valence-corrected chi connectivity index (χ2v) is 4.30. The summed E-state index contributed by atoms with van der Waals surface area (Å²) < 4.78 is 18.8. The molecule has 102 valence electrons. The number of carbonyl (C=O) groups is 1. The first-order valence-electron chi connectivity index (χ1n) is 5.02. The van der Waals surface area contributed by atoms with Crippen LogP contribution in [-0.2, 0) is 9.53 Å². The Kier molecular flexibility index (Phi) is 7.20. The quantitative estimate of drug-likeness (QED) is 0.825. The summed E-state index contributed by atoms with van der Waals surface area (Å²) in [4.78, 5) is 11.2. The van der Waals surface area contributed by atoms with Crippen LogP contribution in [0.4, 0.5) is 4.39 Å². The van der Waals surface area contributed by atoms with Crippen LogP contribution in [0.15, 0.2) is 22.7 Å². The fourth-order valence-corrected chi connectivity index (χ4v) is 1.70. The summed E-state index contributed by atoms with van der Waals surface area (Å²) in [6.07, 6.45) is -2.00. The van der Waals surface area contributed by atoms with E-state index in [1.165, 1.54) is 12.1 Å². The molecular weight excluding hydrogens is 328 g/mol. The maximum absolute atomic E-state index is 13.6. The van der Waals surface area contributed by atoms with Crippen LogP contribution in [0, 0.1) is 0 Å². The second kappa shape index (κ2) is 7.56. The lowest BCUT2D eigenvalue weighted by Gasteiger charge is -2.17. The van der Waals surface area contributed by atoms with Gasteiger partial charge in [-0.05, 0) is 25.1 Å². The third-order valence-corrected chi connectivity index (χ3v) is 2.67. The van der Waals surface area contributed by atoms with Gasteiger partial charge in [-0.3, -0.25) is 0 Å². The predicted octanol–water partition coefficient (Wildman–Crippen LogP) is 2.48. The molecule has 18 heavy (non-hydrogen) atoms. The van der Waals surface area contributed by atoms with Gasteiger partial charge in [0, 0.05) is 10.0 Å². The Morgan fingerprint density at radius 3 is 2.78 bits per heavy atom. The first kappa shape index (κ1) is 17.2. The van der Waals surface area contributed by atoms with E-state index >= 15 is 0 Å². The van der Waals surface area contributed by atoms with Crippen molar-refractivity contribution >= 4 is 34.3 Å². The van der Waals surface area contributed by atoms with E-state index in [0.717, 1.165) is 0 Å². The Labute approximate surface area is 119 Å². The lowest BCUT2D eigenvalue weighted by atomic mass is 10.0. The zero-order valence-corrected chi connectivity index (χ0v) is 12.0. The lowest BCUT2D eigenvalue weighted by Crippen LogP contribution is -2.31. The van der Waals surface area contributed by atoms with Gasteiger partial charge in [0.15, 0.2) is 0 Å². The summed E-state index contributed by atoms with van der Waals surface area (Å²) in [5.74, 6) is -1.19. The van der Waals surface area contributed by atoms with Crippen molar-refractivity contribution in [2.45, 2.75) is 19.1 Å². The van der Waals surface area contributed by atoms with Gasteiger partial charge in [-0.2, -0.15) is 0 Å². The van der Waals surface area contributed by atoms with Crippen molar-refractivity contribution in [3.8, 4) is 5.75 Å². The van der Waals surface area contributed by atoms with Crippen molar-refractivity contribution in [1.82, 2.24) is 0 Å². The maximum Gasteiger partial charge on any atom is 0.342 e. The molecule has 7 heteroatoms. The van der Waals surface area contributed by atoms with E-state index in [-0.39, 0.29) is 30.3 Å². The highest BCUT2D eigenvalue weighted by atomic mass is 79.9. The van der Waals surface area contributed by atoms with Gasteiger partial charge in [-0.25, -0.2) is 9.18 Å². The first-order chi connectivity index (χ1) is 7.97. The monoisotopic (exact) mass is 341 g/mol. The minimum absolute atomic E-state index is 0. The molecule has 0 aliphatic rings. The SMILES string of the molecule is CCOC(=O)C(F)[C@@H](N)c1cc(Br)ccc1O.Cl. The zero-order chi connectivity index (χ0) is 13.0. The van der Waals surface area contributed by atoms with Crippen molar-refractivity contribution in [3.63, 3.8) is 0 Å². The number of ether oxygens (including phenoxy) is 1. The van der Waals surface area contributed by atoms with Crippen molar-refractivity contribution in [3.05, 3.63) is 28.2 Å². The number of nitrogens with two attached hydrogens (primary N) is 1. The molecule has 4 nitrogen and oxygen atoms in total.